The van der Waals surface area contributed by atoms with Crippen molar-refractivity contribution in [1.29, 1.82) is 0 Å². The first-order valence-electron chi connectivity index (χ1n) is 8.92. The maximum Gasteiger partial charge on any atom is 0.161 e. The van der Waals surface area contributed by atoms with Crippen LogP contribution in [0, 0.1) is 23.3 Å². The molecule has 1 unspecified atom stereocenters. The predicted octanol–water partition coefficient (Wildman–Crippen LogP) is 5.85. The summed E-state index contributed by atoms with van der Waals surface area (Å²) < 4.78 is 59.2. The van der Waals surface area contributed by atoms with Crippen molar-refractivity contribution in [2.24, 2.45) is 0 Å². The van der Waals surface area contributed by atoms with Crippen molar-refractivity contribution in [1.82, 2.24) is 9.97 Å². The van der Waals surface area contributed by atoms with E-state index in [9.17, 15) is 17.6 Å². The molecule has 0 saturated carbocycles. The van der Waals surface area contributed by atoms with E-state index < -0.39 is 23.3 Å². The summed E-state index contributed by atoms with van der Waals surface area (Å²) in [6, 6.07) is 12.4. The third-order valence-electron chi connectivity index (χ3n) is 4.73. The number of rotatable bonds is 5. The van der Waals surface area contributed by atoms with Crippen molar-refractivity contribution in [3.05, 3.63) is 94.8 Å². The first-order valence-corrected chi connectivity index (χ1v) is 8.92. The van der Waals surface area contributed by atoms with Gasteiger partial charge in [-0.15, -0.1) is 0 Å². The van der Waals surface area contributed by atoms with Crippen LogP contribution in [0.3, 0.4) is 0 Å². The Bertz CT molecular complexity index is 1130. The van der Waals surface area contributed by atoms with Crippen molar-refractivity contribution in [3.8, 4) is 5.75 Å². The number of aromatic amines is 1. The topological polar surface area (TPSA) is 37.9 Å². The van der Waals surface area contributed by atoms with E-state index in [4.69, 9.17) is 4.74 Å². The summed E-state index contributed by atoms with van der Waals surface area (Å²) in [5.41, 5.74) is 1.80. The van der Waals surface area contributed by atoms with Gasteiger partial charge in [-0.3, -0.25) is 0 Å². The Morgan fingerprint density at radius 1 is 0.897 bits per heavy atom. The molecule has 3 nitrogen and oxygen atoms in total. The molecule has 0 fully saturated rings. The van der Waals surface area contributed by atoms with Crippen molar-refractivity contribution in [2.45, 2.75) is 19.4 Å². The van der Waals surface area contributed by atoms with E-state index in [0.29, 0.717) is 22.6 Å². The Morgan fingerprint density at radius 3 is 2.38 bits per heavy atom. The molecule has 4 aromatic rings. The molecule has 0 saturated heterocycles. The number of nitrogens with zero attached hydrogens (tertiary/aromatic N) is 1. The number of nitrogens with one attached hydrogen (secondary N) is 1. The van der Waals surface area contributed by atoms with Crippen molar-refractivity contribution in [3.63, 3.8) is 0 Å². The number of halogens is 4. The lowest BCUT2D eigenvalue weighted by Gasteiger charge is -2.11. The maximum absolute atomic E-state index is 13.7. The summed E-state index contributed by atoms with van der Waals surface area (Å²) in [4.78, 5) is 7.35. The molecule has 1 atom stereocenters. The zero-order valence-corrected chi connectivity index (χ0v) is 15.3. The Hall–Kier alpha value is -3.35. The van der Waals surface area contributed by atoms with Gasteiger partial charge in [-0.25, -0.2) is 22.5 Å². The molecule has 0 aliphatic carbocycles. The van der Waals surface area contributed by atoms with Crippen LogP contribution in [0.4, 0.5) is 17.6 Å². The molecular formula is C22H16F4N2O. The normalized spacial score (nSPS) is 12.3. The first kappa shape index (κ1) is 19.0. The standard InChI is InChI=1S/C22H16F4N2O/c1-12(22-27-20-9-18(25)19(26)10-21(20)28-22)13-2-5-16(6-3-13)29-11-14-8-15(23)4-7-17(14)24/h2-10,12H,11H2,1H3,(H,27,28). The summed E-state index contributed by atoms with van der Waals surface area (Å²) in [6.07, 6.45) is 0. The van der Waals surface area contributed by atoms with Crippen LogP contribution in [0.15, 0.2) is 54.6 Å². The van der Waals surface area contributed by atoms with Crippen LogP contribution < -0.4 is 4.74 Å². The van der Waals surface area contributed by atoms with Crippen LogP contribution in [0.25, 0.3) is 11.0 Å². The van der Waals surface area contributed by atoms with Crippen molar-refractivity contribution in [2.75, 3.05) is 0 Å². The minimum absolute atomic E-state index is 0.0980. The number of aromatic nitrogens is 2. The summed E-state index contributed by atoms with van der Waals surface area (Å²) in [5.74, 6) is -2.03. The first-order chi connectivity index (χ1) is 13.9. The molecule has 0 amide bonds. The van der Waals surface area contributed by atoms with Gasteiger partial charge in [0.05, 0.1) is 11.0 Å². The molecule has 0 aliphatic rings. The summed E-state index contributed by atoms with van der Waals surface area (Å²) in [6.45, 7) is 1.81. The minimum Gasteiger partial charge on any atom is -0.489 e. The highest BCUT2D eigenvalue weighted by Crippen LogP contribution is 2.27. The van der Waals surface area contributed by atoms with Gasteiger partial charge in [0.15, 0.2) is 11.6 Å². The molecule has 7 heteroatoms. The van der Waals surface area contributed by atoms with E-state index in [-0.39, 0.29) is 18.1 Å². The van der Waals surface area contributed by atoms with Gasteiger partial charge in [-0.2, -0.15) is 0 Å². The molecule has 1 N–H and O–H groups in total. The van der Waals surface area contributed by atoms with E-state index in [0.717, 1.165) is 35.9 Å². The Labute approximate surface area is 164 Å². The molecular weight excluding hydrogens is 384 g/mol. The van der Waals surface area contributed by atoms with E-state index in [1.165, 1.54) is 0 Å². The molecule has 148 valence electrons. The fourth-order valence-electron chi connectivity index (χ4n) is 3.06. The van der Waals surface area contributed by atoms with Crippen molar-refractivity contribution >= 4 is 11.0 Å². The number of benzene rings is 3. The van der Waals surface area contributed by atoms with Gasteiger partial charge in [0, 0.05) is 23.6 Å². The average Bonchev–Trinajstić information content (AvgIpc) is 3.11. The average molecular weight is 400 g/mol. The predicted molar refractivity (Wildman–Crippen MR) is 101 cm³/mol. The lowest BCUT2D eigenvalue weighted by molar-refractivity contribution is 0.299. The molecule has 1 aromatic heterocycles. The molecule has 3 aromatic carbocycles. The second-order valence-corrected chi connectivity index (χ2v) is 6.72. The third-order valence-corrected chi connectivity index (χ3v) is 4.73. The molecule has 0 radical (unpaired) electrons. The highest BCUT2D eigenvalue weighted by Gasteiger charge is 2.15. The second-order valence-electron chi connectivity index (χ2n) is 6.72. The molecule has 0 bridgehead atoms. The molecule has 0 aliphatic heterocycles. The maximum atomic E-state index is 13.7. The van der Waals surface area contributed by atoms with Gasteiger partial charge in [0.25, 0.3) is 0 Å². The number of H-pyrrole nitrogens is 1. The largest absolute Gasteiger partial charge is 0.489 e. The Kier molecular flexibility index (Phi) is 4.96. The van der Waals surface area contributed by atoms with Gasteiger partial charge in [-0.05, 0) is 35.9 Å². The van der Waals surface area contributed by atoms with Gasteiger partial charge in [0.2, 0.25) is 0 Å². The number of fused-ring (bicyclic) bond motifs is 1. The highest BCUT2D eigenvalue weighted by atomic mass is 19.2. The minimum atomic E-state index is -0.945. The van der Waals surface area contributed by atoms with Gasteiger partial charge < -0.3 is 9.72 Å². The summed E-state index contributed by atoms with van der Waals surface area (Å²) >= 11 is 0. The van der Waals surface area contributed by atoms with Crippen molar-refractivity contribution < 1.29 is 22.3 Å². The van der Waals surface area contributed by atoms with Gasteiger partial charge in [0.1, 0.15) is 29.8 Å². The number of hydrogen-bond acceptors (Lipinski definition) is 2. The number of imidazole rings is 1. The Morgan fingerprint density at radius 2 is 1.62 bits per heavy atom. The van der Waals surface area contributed by atoms with E-state index >= 15 is 0 Å². The van der Waals surface area contributed by atoms with Gasteiger partial charge >= 0.3 is 0 Å². The quantitative estimate of drug-likeness (QED) is 0.427. The fraction of sp³-hybridized carbons (Fsp3) is 0.136. The molecule has 1 heterocycles. The lowest BCUT2D eigenvalue weighted by atomic mass is 10.0. The SMILES string of the molecule is CC(c1ccc(OCc2cc(F)ccc2F)cc1)c1nc2cc(F)c(F)cc2[nH]1. The smallest absolute Gasteiger partial charge is 0.161 e. The van der Waals surface area contributed by atoms with Gasteiger partial charge in [-0.1, -0.05) is 19.1 Å². The number of hydrogen-bond donors (Lipinski definition) is 1. The third kappa shape index (κ3) is 3.94. The zero-order valence-electron chi connectivity index (χ0n) is 15.3. The van der Waals surface area contributed by atoms with Crippen LogP contribution in [-0.2, 0) is 6.61 Å². The highest BCUT2D eigenvalue weighted by molar-refractivity contribution is 5.75. The molecule has 0 spiro atoms. The lowest BCUT2D eigenvalue weighted by Crippen LogP contribution is -2.01. The molecule has 4 rings (SSSR count). The number of ether oxygens (including phenoxy) is 1. The van der Waals surface area contributed by atoms with E-state index in [1.54, 1.807) is 12.1 Å². The fourth-order valence-corrected chi connectivity index (χ4v) is 3.06. The van der Waals surface area contributed by atoms with Crippen LogP contribution in [0.5, 0.6) is 5.75 Å². The van der Waals surface area contributed by atoms with Crippen LogP contribution >= 0.6 is 0 Å². The van der Waals surface area contributed by atoms with E-state index in [1.807, 2.05) is 19.1 Å². The monoisotopic (exact) mass is 400 g/mol. The van der Waals surface area contributed by atoms with E-state index in [2.05, 4.69) is 9.97 Å². The van der Waals surface area contributed by atoms with Crippen LogP contribution in [-0.4, -0.2) is 9.97 Å². The van der Waals surface area contributed by atoms with Crippen LogP contribution in [0.2, 0.25) is 0 Å². The summed E-state index contributed by atoms with van der Waals surface area (Å²) in [7, 11) is 0. The second kappa shape index (κ2) is 7.58. The van der Waals surface area contributed by atoms with Crippen LogP contribution in [0.1, 0.15) is 29.8 Å². The molecule has 29 heavy (non-hydrogen) atoms. The summed E-state index contributed by atoms with van der Waals surface area (Å²) in [5, 5.41) is 0. The Balaban J connectivity index is 1.49. The zero-order chi connectivity index (χ0) is 20.5.